The smallest absolute Gasteiger partial charge is 0.122 e. The van der Waals surface area contributed by atoms with Gasteiger partial charge in [-0.1, -0.05) is 24.3 Å². The summed E-state index contributed by atoms with van der Waals surface area (Å²) < 4.78 is 5.20. The van der Waals surface area contributed by atoms with Crippen LogP contribution in [0.4, 0.5) is 0 Å². The Bertz CT molecular complexity index is 305. The molecule has 0 fully saturated rings. The van der Waals surface area contributed by atoms with Gasteiger partial charge in [0.2, 0.25) is 0 Å². The summed E-state index contributed by atoms with van der Waals surface area (Å²) in [6.45, 7) is 2.59. The van der Waals surface area contributed by atoms with Crippen LogP contribution in [0.2, 0.25) is 0 Å². The van der Waals surface area contributed by atoms with Crippen molar-refractivity contribution in [3.8, 4) is 5.75 Å². The molecule has 2 nitrogen and oxygen atoms in total. The predicted octanol–water partition coefficient (Wildman–Crippen LogP) is 1.98. The van der Waals surface area contributed by atoms with E-state index < -0.39 is 0 Å². The molecule has 0 unspecified atom stereocenters. The maximum atomic E-state index is 5.36. The van der Waals surface area contributed by atoms with Crippen LogP contribution in [0.1, 0.15) is 11.1 Å². The van der Waals surface area contributed by atoms with Crippen LogP contribution in [0, 0.1) is 6.92 Å². The fraction of sp³-hybridized carbons (Fsp3) is 0.273. The molecule has 0 heterocycles. The quantitative estimate of drug-likeness (QED) is 0.766. The molecule has 0 radical (unpaired) electrons. The Balaban J connectivity index is 2.92. The zero-order valence-corrected chi connectivity index (χ0v) is 8.08. The Morgan fingerprint density at radius 1 is 1.46 bits per heavy atom. The van der Waals surface area contributed by atoms with E-state index in [9.17, 15) is 0 Å². The minimum absolute atomic E-state index is 0.566. The molecule has 0 aromatic heterocycles. The zero-order chi connectivity index (χ0) is 9.68. The Kier molecular flexibility index (Phi) is 3.53. The van der Waals surface area contributed by atoms with Crippen molar-refractivity contribution in [1.82, 2.24) is 0 Å². The van der Waals surface area contributed by atoms with Crippen LogP contribution in [-0.4, -0.2) is 13.7 Å². The van der Waals surface area contributed by atoms with Crippen molar-refractivity contribution in [3.05, 3.63) is 35.4 Å². The maximum absolute atomic E-state index is 5.36. The van der Waals surface area contributed by atoms with E-state index in [1.165, 1.54) is 0 Å². The molecule has 1 rings (SSSR count). The average Bonchev–Trinajstić information content (AvgIpc) is 2.16. The average molecular weight is 177 g/mol. The summed E-state index contributed by atoms with van der Waals surface area (Å²) in [5, 5.41) is 0. The van der Waals surface area contributed by atoms with Gasteiger partial charge in [0.25, 0.3) is 0 Å². The van der Waals surface area contributed by atoms with Crippen molar-refractivity contribution in [2.75, 3.05) is 13.7 Å². The lowest BCUT2D eigenvalue weighted by atomic mass is 10.1. The molecule has 0 aliphatic rings. The Morgan fingerprint density at radius 2 is 2.23 bits per heavy atom. The summed E-state index contributed by atoms with van der Waals surface area (Å²) >= 11 is 0. The Morgan fingerprint density at radius 3 is 2.85 bits per heavy atom. The van der Waals surface area contributed by atoms with Gasteiger partial charge in [-0.05, 0) is 24.1 Å². The second kappa shape index (κ2) is 4.67. The number of benzene rings is 1. The van der Waals surface area contributed by atoms with Gasteiger partial charge in [-0.15, -0.1) is 0 Å². The first kappa shape index (κ1) is 9.81. The number of methoxy groups -OCH3 is 1. The summed E-state index contributed by atoms with van der Waals surface area (Å²) in [4.78, 5) is 0. The van der Waals surface area contributed by atoms with Gasteiger partial charge < -0.3 is 10.5 Å². The largest absolute Gasteiger partial charge is 0.496 e. The van der Waals surface area contributed by atoms with Crippen LogP contribution in [-0.2, 0) is 0 Å². The van der Waals surface area contributed by atoms with Crippen molar-refractivity contribution in [2.45, 2.75) is 6.92 Å². The van der Waals surface area contributed by atoms with Crippen molar-refractivity contribution in [3.63, 3.8) is 0 Å². The minimum atomic E-state index is 0.566. The molecule has 0 amide bonds. The van der Waals surface area contributed by atoms with Crippen molar-refractivity contribution >= 4 is 6.08 Å². The van der Waals surface area contributed by atoms with Crippen LogP contribution >= 0.6 is 0 Å². The molecule has 13 heavy (non-hydrogen) atoms. The van der Waals surface area contributed by atoms with Crippen molar-refractivity contribution in [1.29, 1.82) is 0 Å². The van der Waals surface area contributed by atoms with Gasteiger partial charge in [0, 0.05) is 6.54 Å². The molecule has 1 aromatic carbocycles. The van der Waals surface area contributed by atoms with Crippen LogP contribution in [0.3, 0.4) is 0 Å². The molecule has 0 aliphatic carbocycles. The highest BCUT2D eigenvalue weighted by Gasteiger charge is 1.96. The molecular formula is C11H15NO. The first-order chi connectivity index (χ1) is 6.27. The number of aryl methyl sites for hydroxylation is 1. The lowest BCUT2D eigenvalue weighted by Crippen LogP contribution is -1.92. The first-order valence-corrected chi connectivity index (χ1v) is 4.29. The monoisotopic (exact) mass is 177 g/mol. The number of hydrogen-bond acceptors (Lipinski definition) is 2. The topological polar surface area (TPSA) is 35.2 Å². The molecule has 2 heteroatoms. The van der Waals surface area contributed by atoms with E-state index in [1.54, 1.807) is 7.11 Å². The lowest BCUT2D eigenvalue weighted by Gasteiger charge is -2.04. The summed E-state index contributed by atoms with van der Waals surface area (Å²) in [7, 11) is 1.68. The van der Waals surface area contributed by atoms with Crippen LogP contribution in [0.15, 0.2) is 24.3 Å². The molecule has 0 spiro atoms. The van der Waals surface area contributed by atoms with Gasteiger partial charge in [-0.25, -0.2) is 0 Å². The van der Waals surface area contributed by atoms with Gasteiger partial charge in [-0.2, -0.15) is 0 Å². The van der Waals surface area contributed by atoms with Crippen LogP contribution in [0.25, 0.3) is 6.08 Å². The predicted molar refractivity (Wildman–Crippen MR) is 55.8 cm³/mol. The van der Waals surface area contributed by atoms with Gasteiger partial charge in [0.05, 0.1) is 7.11 Å². The third-order valence-corrected chi connectivity index (χ3v) is 1.88. The molecule has 0 bridgehead atoms. The Hall–Kier alpha value is -1.28. The summed E-state index contributed by atoms with van der Waals surface area (Å²) in [5.41, 5.74) is 7.62. The zero-order valence-electron chi connectivity index (χ0n) is 8.08. The molecule has 70 valence electrons. The van der Waals surface area contributed by atoms with E-state index in [-0.39, 0.29) is 0 Å². The second-order valence-electron chi connectivity index (χ2n) is 2.87. The fourth-order valence-corrected chi connectivity index (χ4v) is 1.14. The maximum Gasteiger partial charge on any atom is 0.122 e. The first-order valence-electron chi connectivity index (χ1n) is 4.29. The van der Waals surface area contributed by atoms with E-state index in [0.717, 1.165) is 16.9 Å². The van der Waals surface area contributed by atoms with Gasteiger partial charge >= 0.3 is 0 Å². The van der Waals surface area contributed by atoms with Crippen molar-refractivity contribution < 1.29 is 4.74 Å². The minimum Gasteiger partial charge on any atom is -0.496 e. The molecule has 0 saturated heterocycles. The molecular weight excluding hydrogens is 162 g/mol. The van der Waals surface area contributed by atoms with E-state index in [1.807, 2.05) is 37.3 Å². The lowest BCUT2D eigenvalue weighted by molar-refractivity contribution is 0.411. The Labute approximate surface area is 79.0 Å². The highest BCUT2D eigenvalue weighted by molar-refractivity contribution is 5.53. The molecule has 1 aromatic rings. The highest BCUT2D eigenvalue weighted by atomic mass is 16.5. The normalized spacial score (nSPS) is 10.7. The van der Waals surface area contributed by atoms with E-state index in [4.69, 9.17) is 10.5 Å². The summed E-state index contributed by atoms with van der Waals surface area (Å²) in [6.07, 6.45) is 3.91. The SMILES string of the molecule is COc1cc(C=CCN)ccc1C. The fourth-order valence-electron chi connectivity index (χ4n) is 1.14. The number of ether oxygens (including phenoxy) is 1. The number of hydrogen-bond donors (Lipinski definition) is 1. The van der Waals surface area contributed by atoms with E-state index in [2.05, 4.69) is 0 Å². The second-order valence-corrected chi connectivity index (χ2v) is 2.87. The van der Waals surface area contributed by atoms with Crippen molar-refractivity contribution in [2.24, 2.45) is 5.73 Å². The van der Waals surface area contributed by atoms with Crippen LogP contribution < -0.4 is 10.5 Å². The molecule has 0 aliphatic heterocycles. The van der Waals surface area contributed by atoms with Gasteiger partial charge in [-0.3, -0.25) is 0 Å². The molecule has 0 saturated carbocycles. The third kappa shape index (κ3) is 2.60. The third-order valence-electron chi connectivity index (χ3n) is 1.88. The van der Waals surface area contributed by atoms with E-state index in [0.29, 0.717) is 6.54 Å². The standard InChI is InChI=1S/C11H15NO/c1-9-5-6-10(4-3-7-12)8-11(9)13-2/h3-6,8H,7,12H2,1-2H3. The summed E-state index contributed by atoms with van der Waals surface area (Å²) in [5.74, 6) is 0.916. The number of nitrogens with two attached hydrogens (primary N) is 1. The van der Waals surface area contributed by atoms with Crippen LogP contribution in [0.5, 0.6) is 5.75 Å². The number of rotatable bonds is 3. The van der Waals surface area contributed by atoms with Gasteiger partial charge in [0.15, 0.2) is 0 Å². The highest BCUT2D eigenvalue weighted by Crippen LogP contribution is 2.19. The van der Waals surface area contributed by atoms with E-state index >= 15 is 0 Å². The molecule has 0 atom stereocenters. The molecule has 2 N–H and O–H groups in total. The van der Waals surface area contributed by atoms with Gasteiger partial charge in [0.1, 0.15) is 5.75 Å². The summed E-state index contributed by atoms with van der Waals surface area (Å²) in [6, 6.07) is 6.08.